The molecule has 1 aliphatic heterocycles. The van der Waals surface area contributed by atoms with E-state index < -0.39 is 28.8 Å². The smallest absolute Gasteiger partial charge is 0.341 e. The minimum atomic E-state index is -3.81. The Morgan fingerprint density at radius 1 is 1.52 bits per heavy atom. The van der Waals surface area contributed by atoms with Crippen molar-refractivity contribution in [3.63, 3.8) is 0 Å². The molecule has 1 aromatic carbocycles. The fourth-order valence-electron chi connectivity index (χ4n) is 1.95. The van der Waals surface area contributed by atoms with E-state index >= 15 is 0 Å². The van der Waals surface area contributed by atoms with Gasteiger partial charge in [-0.25, -0.2) is 17.6 Å². The first-order valence-electron chi connectivity index (χ1n) is 6.09. The summed E-state index contributed by atoms with van der Waals surface area (Å²) in [7, 11) is -3.81. The predicted octanol–water partition coefficient (Wildman–Crippen LogP) is 1.54. The van der Waals surface area contributed by atoms with Crippen LogP contribution in [0.2, 0.25) is 5.02 Å². The summed E-state index contributed by atoms with van der Waals surface area (Å²) in [6.45, 7) is -0.628. The van der Waals surface area contributed by atoms with Crippen LogP contribution < -0.4 is 4.74 Å². The highest BCUT2D eigenvalue weighted by atomic mass is 35.5. The van der Waals surface area contributed by atoms with E-state index in [2.05, 4.69) is 0 Å². The van der Waals surface area contributed by atoms with Gasteiger partial charge in [0.05, 0.1) is 9.92 Å². The number of benzene rings is 1. The topological polar surface area (TPSA) is 83.9 Å². The van der Waals surface area contributed by atoms with Gasteiger partial charge in [-0.15, -0.1) is 0 Å². The molecule has 0 aliphatic carbocycles. The molecular formula is C12H13ClFNO5S. The molecule has 6 nitrogen and oxygen atoms in total. The Morgan fingerprint density at radius 3 is 2.76 bits per heavy atom. The standard InChI is InChI=1S/C12H13ClFNO5S/c13-10-5-9(1-2-11(10)20-7-12(16)17)21(18,19)15-4-3-8(14)6-15/h1-2,5,8H,3-4,6-7H2,(H,16,17)/t8-/m1/s1. The lowest BCUT2D eigenvalue weighted by molar-refractivity contribution is -0.139. The lowest BCUT2D eigenvalue weighted by atomic mass is 10.3. The van der Waals surface area contributed by atoms with Gasteiger partial charge in [-0.2, -0.15) is 4.31 Å². The molecule has 0 bridgehead atoms. The predicted molar refractivity (Wildman–Crippen MR) is 72.9 cm³/mol. The summed E-state index contributed by atoms with van der Waals surface area (Å²) in [6, 6.07) is 3.70. The largest absolute Gasteiger partial charge is 0.480 e. The molecule has 21 heavy (non-hydrogen) atoms. The van der Waals surface area contributed by atoms with Gasteiger partial charge in [0.1, 0.15) is 11.9 Å². The van der Waals surface area contributed by atoms with Crippen LogP contribution >= 0.6 is 11.6 Å². The summed E-state index contributed by atoms with van der Waals surface area (Å²) in [5.41, 5.74) is 0. The Bertz CT molecular complexity index is 651. The molecule has 116 valence electrons. The second-order valence-electron chi connectivity index (χ2n) is 4.52. The SMILES string of the molecule is O=C(O)COc1ccc(S(=O)(=O)N2CC[C@@H](F)C2)cc1Cl. The average Bonchev–Trinajstić information content (AvgIpc) is 2.84. The van der Waals surface area contributed by atoms with E-state index in [1.807, 2.05) is 0 Å². The van der Waals surface area contributed by atoms with Gasteiger partial charge < -0.3 is 9.84 Å². The summed E-state index contributed by atoms with van der Waals surface area (Å²) >= 11 is 5.88. The number of carboxylic acid groups (broad SMARTS) is 1. The van der Waals surface area contributed by atoms with Crippen LogP contribution in [-0.2, 0) is 14.8 Å². The zero-order valence-corrected chi connectivity index (χ0v) is 12.4. The molecule has 9 heteroatoms. The summed E-state index contributed by atoms with van der Waals surface area (Å²) in [4.78, 5) is 10.3. The van der Waals surface area contributed by atoms with E-state index in [0.717, 1.165) is 4.31 Å². The van der Waals surface area contributed by atoms with E-state index in [9.17, 15) is 17.6 Å². The van der Waals surface area contributed by atoms with Crippen LogP contribution in [0, 0.1) is 0 Å². The number of halogens is 2. The van der Waals surface area contributed by atoms with Gasteiger partial charge in [0.2, 0.25) is 10.0 Å². The van der Waals surface area contributed by atoms with Crippen molar-refractivity contribution in [2.75, 3.05) is 19.7 Å². The molecular weight excluding hydrogens is 325 g/mol. The molecule has 0 saturated carbocycles. The van der Waals surface area contributed by atoms with Crippen LogP contribution in [0.1, 0.15) is 6.42 Å². The van der Waals surface area contributed by atoms with Crippen molar-refractivity contribution >= 4 is 27.6 Å². The highest BCUT2D eigenvalue weighted by Crippen LogP contribution is 2.30. The van der Waals surface area contributed by atoms with Gasteiger partial charge in [0, 0.05) is 13.1 Å². The van der Waals surface area contributed by atoms with Crippen LogP contribution in [0.3, 0.4) is 0 Å². The van der Waals surface area contributed by atoms with Crippen molar-refractivity contribution in [3.8, 4) is 5.75 Å². The molecule has 1 saturated heterocycles. The number of ether oxygens (including phenoxy) is 1. The highest BCUT2D eigenvalue weighted by molar-refractivity contribution is 7.89. The maximum absolute atomic E-state index is 13.1. The number of sulfonamides is 1. The number of hydrogen-bond donors (Lipinski definition) is 1. The highest BCUT2D eigenvalue weighted by Gasteiger charge is 2.32. The normalized spacial score (nSPS) is 19.6. The maximum atomic E-state index is 13.1. The molecule has 0 spiro atoms. The first-order chi connectivity index (χ1) is 9.80. The summed E-state index contributed by atoms with van der Waals surface area (Å²) < 4.78 is 43.6. The number of hydrogen-bond acceptors (Lipinski definition) is 4. The molecule has 1 N–H and O–H groups in total. The summed E-state index contributed by atoms with van der Waals surface area (Å²) in [6.07, 6.45) is -0.985. The zero-order chi connectivity index (χ0) is 15.6. The lowest BCUT2D eigenvalue weighted by Gasteiger charge is -2.16. The molecule has 0 radical (unpaired) electrons. The first-order valence-corrected chi connectivity index (χ1v) is 7.91. The minimum Gasteiger partial charge on any atom is -0.480 e. The fourth-order valence-corrected chi connectivity index (χ4v) is 3.76. The van der Waals surface area contributed by atoms with Crippen molar-refractivity contribution in [1.29, 1.82) is 0 Å². The molecule has 0 unspecified atom stereocenters. The molecule has 2 rings (SSSR count). The van der Waals surface area contributed by atoms with E-state index in [1.165, 1.54) is 18.2 Å². The molecule has 1 fully saturated rings. The molecule has 0 amide bonds. The summed E-state index contributed by atoms with van der Waals surface area (Å²) in [5, 5.41) is 8.49. The Morgan fingerprint density at radius 2 is 2.24 bits per heavy atom. The van der Waals surface area contributed by atoms with Crippen LogP contribution in [0.4, 0.5) is 4.39 Å². The number of aliphatic carboxylic acids is 1. The van der Waals surface area contributed by atoms with Crippen LogP contribution in [0.25, 0.3) is 0 Å². The van der Waals surface area contributed by atoms with Gasteiger partial charge >= 0.3 is 5.97 Å². The maximum Gasteiger partial charge on any atom is 0.341 e. The Hall–Kier alpha value is -1.38. The summed E-state index contributed by atoms with van der Waals surface area (Å²) in [5.74, 6) is -1.10. The van der Waals surface area contributed by atoms with Gasteiger partial charge in [-0.05, 0) is 24.6 Å². The van der Waals surface area contributed by atoms with Crippen molar-refractivity contribution in [1.82, 2.24) is 4.31 Å². The molecule has 1 atom stereocenters. The Labute approximate surface area is 126 Å². The van der Waals surface area contributed by atoms with Crippen molar-refractivity contribution in [2.45, 2.75) is 17.5 Å². The Balaban J connectivity index is 2.21. The number of alkyl halides is 1. The number of carboxylic acids is 1. The van der Waals surface area contributed by atoms with E-state index in [4.69, 9.17) is 21.4 Å². The van der Waals surface area contributed by atoms with Crippen LogP contribution in [0.5, 0.6) is 5.75 Å². The van der Waals surface area contributed by atoms with Gasteiger partial charge in [-0.3, -0.25) is 0 Å². The van der Waals surface area contributed by atoms with Crippen molar-refractivity contribution < 1.29 is 27.4 Å². The number of rotatable bonds is 5. The Kier molecular flexibility index (Phi) is 4.70. The van der Waals surface area contributed by atoms with E-state index in [-0.39, 0.29) is 35.2 Å². The number of nitrogens with zero attached hydrogens (tertiary/aromatic N) is 1. The third kappa shape index (κ3) is 3.63. The van der Waals surface area contributed by atoms with E-state index in [0.29, 0.717) is 0 Å². The van der Waals surface area contributed by atoms with Gasteiger partial charge in [-0.1, -0.05) is 11.6 Å². The molecule has 0 aromatic heterocycles. The third-order valence-electron chi connectivity index (χ3n) is 2.99. The molecule has 1 aromatic rings. The molecule has 1 aliphatic rings. The third-order valence-corrected chi connectivity index (χ3v) is 5.14. The second-order valence-corrected chi connectivity index (χ2v) is 6.87. The van der Waals surface area contributed by atoms with Crippen LogP contribution in [-0.4, -0.2) is 49.7 Å². The quantitative estimate of drug-likeness (QED) is 0.881. The van der Waals surface area contributed by atoms with Gasteiger partial charge in [0.15, 0.2) is 6.61 Å². The fraction of sp³-hybridized carbons (Fsp3) is 0.417. The molecule has 1 heterocycles. The van der Waals surface area contributed by atoms with Crippen molar-refractivity contribution in [2.24, 2.45) is 0 Å². The lowest BCUT2D eigenvalue weighted by Crippen LogP contribution is -2.29. The minimum absolute atomic E-state index is 0.0201. The van der Waals surface area contributed by atoms with Crippen LogP contribution in [0.15, 0.2) is 23.1 Å². The van der Waals surface area contributed by atoms with Crippen molar-refractivity contribution in [3.05, 3.63) is 23.2 Å². The second kappa shape index (κ2) is 6.17. The first kappa shape index (κ1) is 16.0. The van der Waals surface area contributed by atoms with E-state index in [1.54, 1.807) is 0 Å². The average molecular weight is 338 g/mol. The van der Waals surface area contributed by atoms with Gasteiger partial charge in [0.25, 0.3) is 0 Å². The number of carbonyl (C=O) groups is 1. The monoisotopic (exact) mass is 337 g/mol. The zero-order valence-electron chi connectivity index (χ0n) is 10.8.